The SMILES string of the molecule is CC1CCc2c(sc(NC(=O)CSc3nnc(-c4cccs4)n3N)c2C#N)C1. The lowest BCUT2D eigenvalue weighted by molar-refractivity contribution is -0.113. The van der Waals surface area contributed by atoms with Crippen LogP contribution >= 0.6 is 34.4 Å². The van der Waals surface area contributed by atoms with Crippen LogP contribution in [-0.4, -0.2) is 26.5 Å². The summed E-state index contributed by atoms with van der Waals surface area (Å²) in [6.07, 6.45) is 2.96. The summed E-state index contributed by atoms with van der Waals surface area (Å²) in [4.78, 5) is 14.6. The van der Waals surface area contributed by atoms with Crippen molar-refractivity contribution < 1.29 is 4.79 Å². The Bertz CT molecular complexity index is 1050. The number of nitrogens with zero attached hydrogens (tertiary/aromatic N) is 4. The summed E-state index contributed by atoms with van der Waals surface area (Å²) in [7, 11) is 0. The second-order valence-corrected chi connectivity index (χ2v) is 9.65. The number of aromatic nitrogens is 3. The molecule has 1 atom stereocenters. The monoisotopic (exact) mass is 430 g/mol. The molecule has 0 aliphatic heterocycles. The van der Waals surface area contributed by atoms with Crippen LogP contribution < -0.4 is 11.2 Å². The molecule has 3 N–H and O–H groups in total. The van der Waals surface area contributed by atoms with Gasteiger partial charge in [-0.2, -0.15) is 5.26 Å². The maximum absolute atomic E-state index is 12.4. The first-order valence-corrected chi connectivity index (χ1v) is 11.5. The lowest BCUT2D eigenvalue weighted by Crippen LogP contribution is -2.16. The quantitative estimate of drug-likeness (QED) is 0.473. The zero-order chi connectivity index (χ0) is 19.7. The van der Waals surface area contributed by atoms with Gasteiger partial charge < -0.3 is 11.2 Å². The number of nitriles is 1. The molecular weight excluding hydrogens is 412 g/mol. The third-order valence-electron chi connectivity index (χ3n) is 4.61. The maximum atomic E-state index is 12.4. The molecular formula is C18H18N6OS3. The van der Waals surface area contributed by atoms with Crippen molar-refractivity contribution in [3.05, 3.63) is 33.5 Å². The van der Waals surface area contributed by atoms with Crippen LogP contribution in [0.5, 0.6) is 0 Å². The summed E-state index contributed by atoms with van der Waals surface area (Å²) in [5.41, 5.74) is 1.73. The largest absolute Gasteiger partial charge is 0.335 e. The number of nitrogen functional groups attached to an aromatic ring is 1. The summed E-state index contributed by atoms with van der Waals surface area (Å²) < 4.78 is 1.40. The van der Waals surface area contributed by atoms with E-state index in [2.05, 4.69) is 28.5 Å². The summed E-state index contributed by atoms with van der Waals surface area (Å²) in [6, 6.07) is 6.11. The van der Waals surface area contributed by atoms with Gasteiger partial charge >= 0.3 is 0 Å². The van der Waals surface area contributed by atoms with Gasteiger partial charge in [-0.25, -0.2) is 4.68 Å². The zero-order valence-electron chi connectivity index (χ0n) is 15.1. The van der Waals surface area contributed by atoms with Gasteiger partial charge in [-0.05, 0) is 42.2 Å². The fraction of sp³-hybridized carbons (Fsp3) is 0.333. The molecule has 28 heavy (non-hydrogen) atoms. The van der Waals surface area contributed by atoms with Gasteiger partial charge in [0, 0.05) is 4.88 Å². The highest BCUT2D eigenvalue weighted by atomic mass is 32.2. The van der Waals surface area contributed by atoms with Crippen molar-refractivity contribution >= 4 is 45.3 Å². The predicted molar refractivity (Wildman–Crippen MR) is 113 cm³/mol. The second kappa shape index (κ2) is 7.95. The van der Waals surface area contributed by atoms with Crippen molar-refractivity contribution in [1.82, 2.24) is 14.9 Å². The van der Waals surface area contributed by atoms with Crippen molar-refractivity contribution in [2.75, 3.05) is 16.9 Å². The molecule has 144 valence electrons. The van der Waals surface area contributed by atoms with E-state index in [1.165, 1.54) is 44.0 Å². The Morgan fingerprint density at radius 3 is 3.14 bits per heavy atom. The first-order chi connectivity index (χ1) is 13.6. The van der Waals surface area contributed by atoms with Crippen LogP contribution in [0.4, 0.5) is 5.00 Å². The second-order valence-electron chi connectivity index (χ2n) is 6.66. The topological polar surface area (TPSA) is 110 Å². The number of anilines is 1. The molecule has 1 amide bonds. The minimum Gasteiger partial charge on any atom is -0.335 e. The third kappa shape index (κ3) is 3.65. The number of thioether (sulfide) groups is 1. The first-order valence-electron chi connectivity index (χ1n) is 8.78. The van der Waals surface area contributed by atoms with E-state index in [-0.39, 0.29) is 11.7 Å². The van der Waals surface area contributed by atoms with Crippen LogP contribution in [0.2, 0.25) is 0 Å². The molecule has 0 spiro atoms. The number of nitrogens with one attached hydrogen (secondary N) is 1. The lowest BCUT2D eigenvalue weighted by Gasteiger charge is -2.17. The molecule has 0 saturated carbocycles. The molecule has 7 nitrogen and oxygen atoms in total. The molecule has 0 saturated heterocycles. The van der Waals surface area contributed by atoms with E-state index < -0.39 is 0 Å². The van der Waals surface area contributed by atoms with E-state index in [9.17, 15) is 10.1 Å². The average molecular weight is 431 g/mol. The fourth-order valence-corrected chi connectivity index (χ4v) is 5.94. The van der Waals surface area contributed by atoms with Crippen LogP contribution in [0.1, 0.15) is 29.3 Å². The Balaban J connectivity index is 1.43. The van der Waals surface area contributed by atoms with E-state index in [0.717, 1.165) is 29.7 Å². The van der Waals surface area contributed by atoms with Crippen molar-refractivity contribution in [2.24, 2.45) is 5.92 Å². The minimum atomic E-state index is -0.186. The highest BCUT2D eigenvalue weighted by molar-refractivity contribution is 7.99. The summed E-state index contributed by atoms with van der Waals surface area (Å²) in [5.74, 6) is 7.21. The van der Waals surface area contributed by atoms with Gasteiger partial charge in [0.25, 0.3) is 0 Å². The number of carbonyl (C=O) groups excluding carboxylic acids is 1. The molecule has 1 unspecified atom stereocenters. The minimum absolute atomic E-state index is 0.142. The number of fused-ring (bicyclic) bond motifs is 1. The summed E-state index contributed by atoms with van der Waals surface area (Å²) >= 11 is 4.27. The number of hydrogen-bond donors (Lipinski definition) is 2. The maximum Gasteiger partial charge on any atom is 0.235 e. The molecule has 4 rings (SSSR count). The summed E-state index contributed by atoms with van der Waals surface area (Å²) in [6.45, 7) is 2.22. The molecule has 3 aromatic heterocycles. The highest BCUT2D eigenvalue weighted by Crippen LogP contribution is 2.39. The molecule has 3 heterocycles. The Kier molecular flexibility index (Phi) is 5.39. The zero-order valence-corrected chi connectivity index (χ0v) is 17.6. The number of rotatable bonds is 5. The van der Waals surface area contributed by atoms with Crippen molar-refractivity contribution in [3.8, 4) is 16.8 Å². The normalized spacial score (nSPS) is 15.8. The standard InChI is InChI=1S/C18H18N6OS3/c1-10-4-5-11-12(8-19)17(28-14(11)7-10)21-15(25)9-27-18-23-22-16(24(18)20)13-3-2-6-26-13/h2-3,6,10H,4-5,7,9,20H2,1H3,(H,21,25). The molecule has 0 fully saturated rings. The van der Waals surface area contributed by atoms with Crippen LogP contribution in [0.25, 0.3) is 10.7 Å². The van der Waals surface area contributed by atoms with Gasteiger partial charge in [0.05, 0.1) is 16.2 Å². The molecule has 1 aliphatic carbocycles. The van der Waals surface area contributed by atoms with Crippen LogP contribution in [0.15, 0.2) is 22.7 Å². The smallest absolute Gasteiger partial charge is 0.235 e. The number of hydrogen-bond acceptors (Lipinski definition) is 8. The van der Waals surface area contributed by atoms with Crippen LogP contribution in [-0.2, 0) is 17.6 Å². The number of carbonyl (C=O) groups is 1. The molecule has 1 aliphatic rings. The third-order valence-corrected chi connectivity index (χ3v) is 7.59. The fourth-order valence-electron chi connectivity index (χ4n) is 3.20. The van der Waals surface area contributed by atoms with Crippen LogP contribution in [0.3, 0.4) is 0 Å². The summed E-state index contributed by atoms with van der Waals surface area (Å²) in [5, 5.41) is 23.7. The van der Waals surface area contributed by atoms with Gasteiger partial charge in [-0.15, -0.1) is 32.9 Å². The van der Waals surface area contributed by atoms with E-state index in [0.29, 0.717) is 27.5 Å². The van der Waals surface area contributed by atoms with E-state index >= 15 is 0 Å². The average Bonchev–Trinajstić information content (AvgIpc) is 3.38. The molecule has 0 aromatic carbocycles. The molecule has 3 aromatic rings. The van der Waals surface area contributed by atoms with E-state index in [1.54, 1.807) is 0 Å². The van der Waals surface area contributed by atoms with Gasteiger partial charge in [0.15, 0.2) is 5.82 Å². The Morgan fingerprint density at radius 1 is 1.54 bits per heavy atom. The molecule has 0 bridgehead atoms. The molecule has 0 radical (unpaired) electrons. The Labute approximate surface area is 174 Å². The number of nitrogens with two attached hydrogens (primary N) is 1. The van der Waals surface area contributed by atoms with Gasteiger partial charge in [-0.1, -0.05) is 24.8 Å². The highest BCUT2D eigenvalue weighted by Gasteiger charge is 2.25. The van der Waals surface area contributed by atoms with Gasteiger partial charge in [0.2, 0.25) is 11.1 Å². The van der Waals surface area contributed by atoms with Crippen molar-refractivity contribution in [2.45, 2.75) is 31.3 Å². The van der Waals surface area contributed by atoms with E-state index in [4.69, 9.17) is 5.84 Å². The van der Waals surface area contributed by atoms with Gasteiger partial charge in [-0.3, -0.25) is 4.79 Å². The lowest BCUT2D eigenvalue weighted by atomic mass is 9.89. The van der Waals surface area contributed by atoms with Crippen molar-refractivity contribution in [3.63, 3.8) is 0 Å². The van der Waals surface area contributed by atoms with E-state index in [1.807, 2.05) is 17.5 Å². The van der Waals surface area contributed by atoms with Crippen LogP contribution in [0, 0.1) is 17.2 Å². The predicted octanol–water partition coefficient (Wildman–Crippen LogP) is 3.51. The Morgan fingerprint density at radius 2 is 2.39 bits per heavy atom. The van der Waals surface area contributed by atoms with Crippen molar-refractivity contribution in [1.29, 1.82) is 5.26 Å². The first kappa shape index (κ1) is 19.0. The molecule has 10 heteroatoms. The number of amides is 1. The number of thiophene rings is 2. The van der Waals surface area contributed by atoms with Gasteiger partial charge in [0.1, 0.15) is 11.1 Å². The Hall–Kier alpha value is -2.35.